The van der Waals surface area contributed by atoms with Gasteiger partial charge in [0.2, 0.25) is 5.91 Å². The molecule has 0 fully saturated rings. The Bertz CT molecular complexity index is 676. The number of nitrogens with one attached hydrogen (secondary N) is 1. The first-order chi connectivity index (χ1) is 10.5. The van der Waals surface area contributed by atoms with Crippen molar-refractivity contribution >= 4 is 22.8 Å². The number of hydrogen-bond donors (Lipinski definition) is 1. The van der Waals surface area contributed by atoms with Crippen LogP contribution in [-0.4, -0.2) is 32.1 Å². The fraction of sp³-hybridized carbons (Fsp3) is 0.375. The van der Waals surface area contributed by atoms with Crippen molar-refractivity contribution < 1.29 is 23.5 Å². The van der Waals surface area contributed by atoms with Crippen molar-refractivity contribution in [3.05, 3.63) is 30.0 Å². The SMILES string of the molecule is COC(=O)CC(C)NC(=O)Cc1coc2cc(OC)ccc12. The van der Waals surface area contributed by atoms with Crippen LogP contribution in [0, 0.1) is 0 Å². The number of furan rings is 1. The molecule has 0 radical (unpaired) electrons. The molecular weight excluding hydrogens is 286 g/mol. The highest BCUT2D eigenvalue weighted by Crippen LogP contribution is 2.25. The van der Waals surface area contributed by atoms with E-state index in [0.717, 1.165) is 10.9 Å². The van der Waals surface area contributed by atoms with Crippen LogP contribution in [-0.2, 0) is 20.7 Å². The Kier molecular flexibility index (Phi) is 5.04. The van der Waals surface area contributed by atoms with Crippen molar-refractivity contribution in [2.75, 3.05) is 14.2 Å². The fourth-order valence-corrected chi connectivity index (χ4v) is 2.21. The molecule has 0 spiro atoms. The van der Waals surface area contributed by atoms with Crippen LogP contribution in [0.25, 0.3) is 11.0 Å². The Morgan fingerprint density at radius 3 is 2.77 bits per heavy atom. The average molecular weight is 305 g/mol. The number of benzene rings is 1. The Morgan fingerprint density at radius 1 is 1.32 bits per heavy atom. The van der Waals surface area contributed by atoms with E-state index >= 15 is 0 Å². The maximum atomic E-state index is 12.0. The predicted octanol–water partition coefficient (Wildman–Crippen LogP) is 2.05. The maximum absolute atomic E-state index is 12.0. The lowest BCUT2D eigenvalue weighted by atomic mass is 10.1. The van der Waals surface area contributed by atoms with E-state index in [1.54, 1.807) is 26.4 Å². The van der Waals surface area contributed by atoms with Crippen molar-refractivity contribution in [3.8, 4) is 5.75 Å². The van der Waals surface area contributed by atoms with E-state index in [1.165, 1.54) is 7.11 Å². The summed E-state index contributed by atoms with van der Waals surface area (Å²) in [5.74, 6) is 0.174. The van der Waals surface area contributed by atoms with Crippen LogP contribution in [0.3, 0.4) is 0 Å². The molecule has 1 unspecified atom stereocenters. The molecule has 0 bridgehead atoms. The molecule has 0 saturated carbocycles. The molecule has 1 heterocycles. The highest BCUT2D eigenvalue weighted by molar-refractivity contribution is 5.88. The topological polar surface area (TPSA) is 77.8 Å². The zero-order valence-corrected chi connectivity index (χ0v) is 12.8. The van der Waals surface area contributed by atoms with Gasteiger partial charge in [0.1, 0.15) is 11.3 Å². The van der Waals surface area contributed by atoms with Crippen LogP contribution in [0.4, 0.5) is 0 Å². The van der Waals surface area contributed by atoms with Gasteiger partial charge >= 0.3 is 5.97 Å². The number of rotatable bonds is 6. The van der Waals surface area contributed by atoms with E-state index in [2.05, 4.69) is 10.1 Å². The van der Waals surface area contributed by atoms with E-state index in [9.17, 15) is 9.59 Å². The van der Waals surface area contributed by atoms with Crippen molar-refractivity contribution in [2.45, 2.75) is 25.8 Å². The Hall–Kier alpha value is -2.50. The van der Waals surface area contributed by atoms with E-state index in [4.69, 9.17) is 9.15 Å². The van der Waals surface area contributed by atoms with Crippen LogP contribution in [0.5, 0.6) is 5.75 Å². The summed E-state index contributed by atoms with van der Waals surface area (Å²) in [5, 5.41) is 3.64. The third-order valence-corrected chi connectivity index (χ3v) is 3.32. The maximum Gasteiger partial charge on any atom is 0.307 e. The normalized spacial score (nSPS) is 12.0. The zero-order valence-electron chi connectivity index (χ0n) is 12.8. The number of ether oxygens (including phenoxy) is 2. The molecule has 118 valence electrons. The van der Waals surface area contributed by atoms with Gasteiger partial charge in [0, 0.05) is 23.1 Å². The zero-order chi connectivity index (χ0) is 16.1. The van der Waals surface area contributed by atoms with E-state index in [0.29, 0.717) is 11.3 Å². The molecule has 1 N–H and O–H groups in total. The molecule has 1 atom stereocenters. The molecule has 22 heavy (non-hydrogen) atoms. The predicted molar refractivity (Wildman–Crippen MR) is 80.7 cm³/mol. The lowest BCUT2D eigenvalue weighted by molar-refractivity contribution is -0.141. The van der Waals surface area contributed by atoms with Crippen molar-refractivity contribution in [2.24, 2.45) is 0 Å². The highest BCUT2D eigenvalue weighted by atomic mass is 16.5. The molecule has 2 rings (SSSR count). The first-order valence-corrected chi connectivity index (χ1v) is 6.93. The van der Waals surface area contributed by atoms with Gasteiger partial charge in [0.25, 0.3) is 0 Å². The summed E-state index contributed by atoms with van der Waals surface area (Å²) in [6.07, 6.45) is 1.89. The van der Waals surface area contributed by atoms with Gasteiger partial charge in [0.15, 0.2) is 0 Å². The minimum absolute atomic E-state index is 0.144. The van der Waals surface area contributed by atoms with Gasteiger partial charge in [-0.25, -0.2) is 0 Å². The van der Waals surface area contributed by atoms with E-state index in [-0.39, 0.29) is 30.8 Å². The number of carbonyl (C=O) groups is 2. The van der Waals surface area contributed by atoms with Gasteiger partial charge < -0.3 is 19.2 Å². The third-order valence-electron chi connectivity index (χ3n) is 3.32. The lowest BCUT2D eigenvalue weighted by Crippen LogP contribution is -2.35. The summed E-state index contributed by atoms with van der Waals surface area (Å²) in [4.78, 5) is 23.2. The largest absolute Gasteiger partial charge is 0.497 e. The monoisotopic (exact) mass is 305 g/mol. The van der Waals surface area contributed by atoms with Gasteiger partial charge in [-0.3, -0.25) is 9.59 Å². The second-order valence-electron chi connectivity index (χ2n) is 5.05. The third kappa shape index (κ3) is 3.78. The Morgan fingerprint density at radius 2 is 2.09 bits per heavy atom. The van der Waals surface area contributed by atoms with Gasteiger partial charge in [-0.05, 0) is 19.1 Å². The minimum atomic E-state index is -0.353. The number of methoxy groups -OCH3 is 2. The number of amides is 1. The van der Waals surface area contributed by atoms with E-state index in [1.807, 2.05) is 12.1 Å². The first-order valence-electron chi connectivity index (χ1n) is 6.93. The van der Waals surface area contributed by atoms with Gasteiger partial charge in [-0.2, -0.15) is 0 Å². The molecule has 6 heteroatoms. The summed E-state index contributed by atoms with van der Waals surface area (Å²) in [7, 11) is 2.91. The Labute approximate surface area is 128 Å². The molecule has 0 aliphatic rings. The van der Waals surface area contributed by atoms with Gasteiger partial charge in [-0.15, -0.1) is 0 Å². The standard InChI is InChI=1S/C16H19NO5/c1-10(6-16(19)21-3)17-15(18)7-11-9-22-14-8-12(20-2)4-5-13(11)14/h4-5,8-10H,6-7H2,1-3H3,(H,17,18). The highest BCUT2D eigenvalue weighted by Gasteiger charge is 2.15. The average Bonchev–Trinajstić information content (AvgIpc) is 2.88. The molecule has 0 saturated heterocycles. The molecule has 0 aliphatic heterocycles. The summed E-state index contributed by atoms with van der Waals surface area (Å²) >= 11 is 0. The molecule has 2 aromatic rings. The summed E-state index contributed by atoms with van der Waals surface area (Å²) < 4.78 is 15.1. The number of hydrogen-bond acceptors (Lipinski definition) is 5. The first kappa shape index (κ1) is 15.9. The number of carbonyl (C=O) groups excluding carboxylic acids is 2. The molecule has 1 amide bonds. The van der Waals surface area contributed by atoms with Crippen molar-refractivity contribution in [1.29, 1.82) is 0 Å². The fourth-order valence-electron chi connectivity index (χ4n) is 2.21. The van der Waals surface area contributed by atoms with Gasteiger partial charge in [-0.1, -0.05) is 0 Å². The van der Waals surface area contributed by atoms with Crippen molar-refractivity contribution in [1.82, 2.24) is 5.32 Å². The number of fused-ring (bicyclic) bond motifs is 1. The quantitative estimate of drug-likeness (QED) is 0.826. The lowest BCUT2D eigenvalue weighted by Gasteiger charge is -2.12. The number of esters is 1. The van der Waals surface area contributed by atoms with E-state index < -0.39 is 0 Å². The second kappa shape index (κ2) is 6.98. The van der Waals surface area contributed by atoms with Crippen molar-refractivity contribution in [3.63, 3.8) is 0 Å². The molecular formula is C16H19NO5. The molecule has 0 aliphatic carbocycles. The second-order valence-corrected chi connectivity index (χ2v) is 5.05. The van der Waals surface area contributed by atoms with Crippen LogP contribution in [0.15, 0.2) is 28.9 Å². The van der Waals surface area contributed by atoms with Gasteiger partial charge in [0.05, 0.1) is 33.3 Å². The smallest absolute Gasteiger partial charge is 0.307 e. The van der Waals surface area contributed by atoms with Crippen LogP contribution in [0.2, 0.25) is 0 Å². The summed E-state index contributed by atoms with van der Waals surface area (Å²) in [5.41, 5.74) is 1.46. The molecule has 6 nitrogen and oxygen atoms in total. The molecule has 1 aromatic carbocycles. The summed E-state index contributed by atoms with van der Waals surface area (Å²) in [6.45, 7) is 1.76. The minimum Gasteiger partial charge on any atom is -0.497 e. The summed E-state index contributed by atoms with van der Waals surface area (Å²) in [6, 6.07) is 5.17. The van der Waals surface area contributed by atoms with Crippen LogP contribution < -0.4 is 10.1 Å². The Balaban J connectivity index is 2.01. The van der Waals surface area contributed by atoms with Crippen LogP contribution in [0.1, 0.15) is 18.9 Å². The van der Waals surface area contributed by atoms with Crippen LogP contribution >= 0.6 is 0 Å². The molecule has 1 aromatic heterocycles.